The van der Waals surface area contributed by atoms with Crippen molar-refractivity contribution in [3.8, 4) is 11.5 Å². The molecule has 0 bridgehead atoms. The van der Waals surface area contributed by atoms with Gasteiger partial charge in [0.2, 0.25) is 0 Å². The summed E-state index contributed by atoms with van der Waals surface area (Å²) >= 11 is 0. The monoisotopic (exact) mass is 371 g/mol. The molecule has 1 fully saturated rings. The van der Waals surface area contributed by atoms with Crippen LogP contribution in [0.5, 0.6) is 11.5 Å². The minimum atomic E-state index is -0.0838. The predicted octanol–water partition coefficient (Wildman–Crippen LogP) is 2.73. The maximum Gasteiger partial charge on any atom is 0.321 e. The number of urea groups is 1. The summed E-state index contributed by atoms with van der Waals surface area (Å²) in [7, 11) is 0. The summed E-state index contributed by atoms with van der Waals surface area (Å²) in [5.74, 6) is 2.78. The van der Waals surface area contributed by atoms with Gasteiger partial charge < -0.3 is 24.3 Å². The number of nitrogens with zero attached hydrogens (tertiary/aromatic N) is 4. The molecule has 2 aromatic rings. The van der Waals surface area contributed by atoms with Gasteiger partial charge in [0.1, 0.15) is 25.4 Å². The van der Waals surface area contributed by atoms with Gasteiger partial charge in [-0.15, -0.1) is 10.2 Å². The zero-order valence-corrected chi connectivity index (χ0v) is 15.7. The number of fused-ring (bicyclic) bond motifs is 1. The highest BCUT2D eigenvalue weighted by Gasteiger charge is 2.28. The number of hydrogen-bond acceptors (Lipinski definition) is 5. The lowest BCUT2D eigenvalue weighted by Gasteiger charge is -2.21. The van der Waals surface area contributed by atoms with E-state index in [1.165, 1.54) is 0 Å². The van der Waals surface area contributed by atoms with Gasteiger partial charge in [-0.05, 0) is 38.3 Å². The molecule has 0 radical (unpaired) electrons. The van der Waals surface area contributed by atoms with Gasteiger partial charge in [-0.2, -0.15) is 0 Å². The van der Waals surface area contributed by atoms with Gasteiger partial charge in [0, 0.05) is 37.3 Å². The topological polar surface area (TPSA) is 81.5 Å². The molecule has 1 N–H and O–H groups in total. The number of likely N-dealkylation sites (tertiary alicyclic amines) is 1. The zero-order chi connectivity index (χ0) is 18.8. The molecular weight excluding hydrogens is 346 g/mol. The van der Waals surface area contributed by atoms with Crippen LogP contribution >= 0.6 is 0 Å². The molecule has 0 spiro atoms. The summed E-state index contributed by atoms with van der Waals surface area (Å²) in [4.78, 5) is 14.5. The number of anilines is 1. The molecule has 0 saturated carbocycles. The van der Waals surface area contributed by atoms with Crippen molar-refractivity contribution >= 4 is 11.7 Å². The minimum absolute atomic E-state index is 0.0838. The number of ether oxygens (including phenoxy) is 2. The minimum Gasteiger partial charge on any atom is -0.486 e. The first kappa shape index (κ1) is 17.6. The maximum atomic E-state index is 12.6. The number of benzene rings is 1. The third kappa shape index (κ3) is 3.84. The van der Waals surface area contributed by atoms with Crippen LogP contribution in [0.4, 0.5) is 10.5 Å². The Kier molecular flexibility index (Phi) is 4.87. The van der Waals surface area contributed by atoms with E-state index < -0.39 is 0 Å². The number of carbonyl (C=O) groups is 1. The molecule has 0 aliphatic carbocycles. The van der Waals surface area contributed by atoms with Crippen LogP contribution in [-0.4, -0.2) is 52.0 Å². The molecule has 1 aromatic carbocycles. The summed E-state index contributed by atoms with van der Waals surface area (Å²) in [5, 5.41) is 11.2. The lowest BCUT2D eigenvalue weighted by atomic mass is 10.0. The molecule has 3 heterocycles. The first-order valence-corrected chi connectivity index (χ1v) is 9.44. The smallest absolute Gasteiger partial charge is 0.321 e. The van der Waals surface area contributed by atoms with Crippen molar-refractivity contribution in [2.45, 2.75) is 32.7 Å². The molecule has 8 heteroatoms. The Balaban J connectivity index is 1.34. The largest absolute Gasteiger partial charge is 0.486 e. The van der Waals surface area contributed by atoms with Gasteiger partial charge in [-0.3, -0.25) is 0 Å². The fraction of sp³-hybridized carbons (Fsp3) is 0.526. The van der Waals surface area contributed by atoms with Gasteiger partial charge in [0.05, 0.1) is 0 Å². The first-order chi connectivity index (χ1) is 13.1. The Morgan fingerprint density at radius 1 is 1.30 bits per heavy atom. The van der Waals surface area contributed by atoms with Gasteiger partial charge >= 0.3 is 6.03 Å². The Morgan fingerprint density at radius 2 is 2.11 bits per heavy atom. The predicted molar refractivity (Wildman–Crippen MR) is 100 cm³/mol. The molecule has 1 aromatic heterocycles. The van der Waals surface area contributed by atoms with Gasteiger partial charge in [0.25, 0.3) is 0 Å². The average Bonchev–Trinajstić information content (AvgIpc) is 3.31. The molecule has 2 amide bonds. The summed E-state index contributed by atoms with van der Waals surface area (Å²) < 4.78 is 13.2. The van der Waals surface area contributed by atoms with E-state index in [0.29, 0.717) is 36.6 Å². The van der Waals surface area contributed by atoms with Crippen LogP contribution < -0.4 is 14.8 Å². The van der Waals surface area contributed by atoms with Crippen molar-refractivity contribution in [2.75, 3.05) is 31.6 Å². The van der Waals surface area contributed by atoms with E-state index in [1.807, 2.05) is 23.1 Å². The highest BCUT2D eigenvalue weighted by molar-refractivity contribution is 5.90. The second-order valence-corrected chi connectivity index (χ2v) is 7.34. The zero-order valence-electron chi connectivity index (χ0n) is 15.7. The standard InChI is InChI=1S/C19H25N5O3/c1-13(2)24-12-20-22-18(24)9-14-5-6-23(11-14)19(25)21-15-3-4-16-17(10-15)27-8-7-26-16/h3-4,10,12-14H,5-9,11H2,1-2H3,(H,21,25). The van der Waals surface area contributed by atoms with Crippen molar-refractivity contribution in [2.24, 2.45) is 5.92 Å². The number of nitrogens with one attached hydrogen (secondary N) is 1. The fourth-order valence-corrected chi connectivity index (χ4v) is 3.61. The average molecular weight is 371 g/mol. The first-order valence-electron chi connectivity index (χ1n) is 9.44. The molecule has 144 valence electrons. The SMILES string of the molecule is CC(C)n1cnnc1CC1CCN(C(=O)Nc2ccc3c(c2)OCCO3)C1. The number of hydrogen-bond donors (Lipinski definition) is 1. The van der Waals surface area contributed by atoms with Crippen molar-refractivity contribution in [1.82, 2.24) is 19.7 Å². The van der Waals surface area contributed by atoms with Crippen molar-refractivity contribution < 1.29 is 14.3 Å². The van der Waals surface area contributed by atoms with E-state index in [9.17, 15) is 4.79 Å². The van der Waals surface area contributed by atoms with Crippen molar-refractivity contribution in [1.29, 1.82) is 0 Å². The molecule has 4 rings (SSSR count). The maximum absolute atomic E-state index is 12.6. The third-order valence-corrected chi connectivity index (χ3v) is 5.04. The number of carbonyl (C=O) groups excluding carboxylic acids is 1. The van der Waals surface area contributed by atoms with Gasteiger partial charge in [-0.1, -0.05) is 0 Å². The third-order valence-electron chi connectivity index (χ3n) is 5.04. The van der Waals surface area contributed by atoms with E-state index in [4.69, 9.17) is 9.47 Å². The van der Waals surface area contributed by atoms with E-state index >= 15 is 0 Å². The highest BCUT2D eigenvalue weighted by atomic mass is 16.6. The lowest BCUT2D eigenvalue weighted by molar-refractivity contribution is 0.171. The van der Waals surface area contributed by atoms with E-state index in [1.54, 1.807) is 6.33 Å². The van der Waals surface area contributed by atoms with Crippen LogP contribution in [0, 0.1) is 5.92 Å². The highest BCUT2D eigenvalue weighted by Crippen LogP contribution is 2.33. The normalized spacial score (nSPS) is 18.8. The Labute approximate surface area is 158 Å². The molecule has 8 nitrogen and oxygen atoms in total. The second kappa shape index (κ2) is 7.46. The summed E-state index contributed by atoms with van der Waals surface area (Å²) in [6.45, 7) is 6.79. The van der Waals surface area contributed by atoms with Crippen LogP contribution in [0.15, 0.2) is 24.5 Å². The lowest BCUT2D eigenvalue weighted by Crippen LogP contribution is -2.33. The molecule has 1 saturated heterocycles. The molecule has 2 aliphatic heterocycles. The number of aromatic nitrogens is 3. The number of amides is 2. The van der Waals surface area contributed by atoms with Crippen molar-refractivity contribution in [3.05, 3.63) is 30.4 Å². The van der Waals surface area contributed by atoms with Gasteiger partial charge in [-0.25, -0.2) is 4.79 Å². The second-order valence-electron chi connectivity index (χ2n) is 7.34. The van der Waals surface area contributed by atoms with Crippen LogP contribution in [-0.2, 0) is 6.42 Å². The van der Waals surface area contributed by atoms with E-state index in [2.05, 4.69) is 33.9 Å². The van der Waals surface area contributed by atoms with Crippen LogP contribution in [0.25, 0.3) is 0 Å². The summed E-state index contributed by atoms with van der Waals surface area (Å²) in [6, 6.07) is 5.73. The fourth-order valence-electron chi connectivity index (χ4n) is 3.61. The van der Waals surface area contributed by atoms with E-state index in [0.717, 1.165) is 37.5 Å². The Bertz CT molecular complexity index is 819. The Morgan fingerprint density at radius 3 is 2.93 bits per heavy atom. The van der Waals surface area contributed by atoms with Gasteiger partial charge in [0.15, 0.2) is 11.5 Å². The van der Waals surface area contributed by atoms with Crippen LogP contribution in [0.3, 0.4) is 0 Å². The molecule has 2 aliphatic rings. The molecular formula is C19H25N5O3. The van der Waals surface area contributed by atoms with E-state index in [-0.39, 0.29) is 6.03 Å². The molecule has 1 atom stereocenters. The van der Waals surface area contributed by atoms with Crippen molar-refractivity contribution in [3.63, 3.8) is 0 Å². The quantitative estimate of drug-likeness (QED) is 0.894. The Hall–Kier alpha value is -2.77. The molecule has 27 heavy (non-hydrogen) atoms. The molecule has 1 unspecified atom stereocenters. The van der Waals surface area contributed by atoms with Crippen LogP contribution in [0.1, 0.15) is 32.1 Å². The number of rotatable bonds is 4. The van der Waals surface area contributed by atoms with Crippen LogP contribution in [0.2, 0.25) is 0 Å². The summed E-state index contributed by atoms with van der Waals surface area (Å²) in [6.07, 6.45) is 3.59. The summed E-state index contributed by atoms with van der Waals surface area (Å²) in [5.41, 5.74) is 0.715.